The van der Waals surface area contributed by atoms with E-state index in [1.807, 2.05) is 18.3 Å². The van der Waals surface area contributed by atoms with Crippen molar-refractivity contribution < 1.29 is 4.39 Å². The number of nitrogens with zero attached hydrogens (tertiary/aromatic N) is 1. The molecule has 0 saturated heterocycles. The van der Waals surface area contributed by atoms with Gasteiger partial charge in [0.1, 0.15) is 11.6 Å². The monoisotopic (exact) mass is 265 g/mol. The Balaban J connectivity index is 1.55. The quantitative estimate of drug-likeness (QED) is 0.597. The smallest absolute Gasteiger partial charge is 0.123 e. The van der Waals surface area contributed by atoms with Gasteiger partial charge in [-0.15, -0.1) is 11.8 Å². The van der Waals surface area contributed by atoms with Gasteiger partial charge in [-0.2, -0.15) is 0 Å². The van der Waals surface area contributed by atoms with E-state index in [0.717, 1.165) is 36.0 Å². The molecule has 0 aliphatic carbocycles. The Morgan fingerprint density at radius 3 is 2.83 bits per heavy atom. The summed E-state index contributed by atoms with van der Waals surface area (Å²) in [6.45, 7) is 1.73. The number of benzene rings is 1. The van der Waals surface area contributed by atoms with Gasteiger partial charge < -0.3 is 10.3 Å². The van der Waals surface area contributed by atoms with Crippen LogP contribution in [0.15, 0.2) is 41.6 Å². The summed E-state index contributed by atoms with van der Waals surface area (Å²) in [4.78, 5) is 8.29. The Morgan fingerprint density at radius 2 is 2.11 bits per heavy atom. The number of hydrogen-bond acceptors (Lipinski definition) is 3. The molecular formula is C13H16FN3S. The van der Waals surface area contributed by atoms with Gasteiger partial charge in [0, 0.05) is 17.3 Å². The minimum absolute atomic E-state index is 0.181. The van der Waals surface area contributed by atoms with E-state index in [2.05, 4.69) is 15.3 Å². The number of halogens is 1. The first-order valence-electron chi connectivity index (χ1n) is 5.92. The number of imidazole rings is 1. The lowest BCUT2D eigenvalue weighted by Gasteiger charge is -2.03. The van der Waals surface area contributed by atoms with Crippen molar-refractivity contribution in [2.75, 3.05) is 12.3 Å². The molecule has 1 aromatic heterocycles. The number of rotatable bonds is 7. The lowest BCUT2D eigenvalue weighted by atomic mass is 10.4. The highest BCUT2D eigenvalue weighted by atomic mass is 32.2. The molecular weight excluding hydrogens is 249 g/mol. The number of aromatic amines is 1. The number of nitrogens with one attached hydrogen (secondary N) is 2. The molecule has 96 valence electrons. The Kier molecular flexibility index (Phi) is 5.23. The molecule has 3 nitrogen and oxygen atoms in total. The van der Waals surface area contributed by atoms with Crippen LogP contribution in [0.1, 0.15) is 12.2 Å². The van der Waals surface area contributed by atoms with Crippen LogP contribution in [0.25, 0.3) is 0 Å². The average molecular weight is 265 g/mol. The molecule has 2 N–H and O–H groups in total. The van der Waals surface area contributed by atoms with Crippen molar-refractivity contribution in [2.45, 2.75) is 17.9 Å². The van der Waals surface area contributed by atoms with Crippen LogP contribution in [0.4, 0.5) is 4.39 Å². The van der Waals surface area contributed by atoms with E-state index >= 15 is 0 Å². The van der Waals surface area contributed by atoms with Crippen molar-refractivity contribution >= 4 is 11.8 Å². The van der Waals surface area contributed by atoms with Crippen LogP contribution in [0, 0.1) is 5.82 Å². The second-order valence-corrected chi connectivity index (χ2v) is 5.04. The molecule has 18 heavy (non-hydrogen) atoms. The summed E-state index contributed by atoms with van der Waals surface area (Å²) < 4.78 is 12.7. The topological polar surface area (TPSA) is 40.7 Å². The Morgan fingerprint density at radius 1 is 1.28 bits per heavy atom. The molecule has 0 aliphatic rings. The van der Waals surface area contributed by atoms with E-state index < -0.39 is 0 Å². The molecule has 0 amide bonds. The number of hydrogen-bond donors (Lipinski definition) is 2. The molecule has 1 heterocycles. The van der Waals surface area contributed by atoms with E-state index in [-0.39, 0.29) is 5.82 Å². The van der Waals surface area contributed by atoms with E-state index in [1.54, 1.807) is 18.0 Å². The van der Waals surface area contributed by atoms with Crippen LogP contribution < -0.4 is 5.32 Å². The van der Waals surface area contributed by atoms with Gasteiger partial charge >= 0.3 is 0 Å². The predicted octanol–water partition coefficient (Wildman–Crippen LogP) is 2.82. The van der Waals surface area contributed by atoms with E-state index in [1.165, 1.54) is 12.1 Å². The molecule has 0 unspecified atom stereocenters. The van der Waals surface area contributed by atoms with Gasteiger partial charge in [0.15, 0.2) is 0 Å². The fourth-order valence-electron chi connectivity index (χ4n) is 1.52. The third kappa shape index (κ3) is 4.50. The summed E-state index contributed by atoms with van der Waals surface area (Å²) in [5, 5.41) is 3.32. The maximum absolute atomic E-state index is 12.7. The second-order valence-electron chi connectivity index (χ2n) is 3.87. The van der Waals surface area contributed by atoms with Crippen molar-refractivity contribution in [3.63, 3.8) is 0 Å². The lowest BCUT2D eigenvalue weighted by molar-refractivity contribution is 0.626. The maximum atomic E-state index is 12.7. The van der Waals surface area contributed by atoms with E-state index in [0.29, 0.717) is 0 Å². The summed E-state index contributed by atoms with van der Waals surface area (Å²) in [5.74, 6) is 1.80. The molecule has 0 bridgehead atoms. The first-order chi connectivity index (χ1) is 8.84. The Bertz CT molecular complexity index is 442. The third-order valence-electron chi connectivity index (χ3n) is 2.43. The van der Waals surface area contributed by atoms with Crippen LogP contribution in [-0.4, -0.2) is 22.3 Å². The number of thioether (sulfide) groups is 1. The standard InChI is InChI=1S/C13H16FN3S/c14-11-2-4-12(5-3-11)18-9-1-6-15-10-13-16-7-8-17-13/h2-5,7-8,15H,1,6,9-10H2,(H,16,17). The van der Waals surface area contributed by atoms with Crippen molar-refractivity contribution in [3.05, 3.63) is 48.3 Å². The van der Waals surface area contributed by atoms with Crippen LogP contribution in [-0.2, 0) is 6.54 Å². The zero-order valence-electron chi connectivity index (χ0n) is 10.0. The zero-order chi connectivity index (χ0) is 12.6. The number of H-pyrrole nitrogens is 1. The molecule has 2 aromatic rings. The van der Waals surface area contributed by atoms with Gasteiger partial charge in [-0.25, -0.2) is 9.37 Å². The predicted molar refractivity (Wildman–Crippen MR) is 72.0 cm³/mol. The molecule has 0 fully saturated rings. The molecule has 0 aliphatic heterocycles. The molecule has 2 rings (SSSR count). The van der Waals surface area contributed by atoms with Crippen molar-refractivity contribution in [1.29, 1.82) is 0 Å². The summed E-state index contributed by atoms with van der Waals surface area (Å²) >= 11 is 1.75. The summed E-state index contributed by atoms with van der Waals surface area (Å²) in [5.41, 5.74) is 0. The highest BCUT2D eigenvalue weighted by Gasteiger charge is 1.96. The van der Waals surface area contributed by atoms with Gasteiger partial charge in [0.2, 0.25) is 0 Å². The summed E-state index contributed by atoms with van der Waals surface area (Å²) in [6.07, 6.45) is 4.64. The van der Waals surface area contributed by atoms with Crippen molar-refractivity contribution in [2.24, 2.45) is 0 Å². The third-order valence-corrected chi connectivity index (χ3v) is 3.53. The highest BCUT2D eigenvalue weighted by molar-refractivity contribution is 7.99. The second kappa shape index (κ2) is 7.18. The molecule has 1 aromatic carbocycles. The fraction of sp³-hybridized carbons (Fsp3) is 0.308. The van der Waals surface area contributed by atoms with E-state index in [4.69, 9.17) is 0 Å². The molecule has 0 spiro atoms. The summed E-state index contributed by atoms with van der Waals surface area (Å²) in [7, 11) is 0. The first kappa shape index (κ1) is 13.1. The van der Waals surface area contributed by atoms with Gasteiger partial charge in [-0.1, -0.05) is 0 Å². The average Bonchev–Trinajstić information content (AvgIpc) is 2.89. The largest absolute Gasteiger partial charge is 0.348 e. The minimum Gasteiger partial charge on any atom is -0.348 e. The zero-order valence-corrected chi connectivity index (χ0v) is 10.8. The minimum atomic E-state index is -0.181. The van der Waals surface area contributed by atoms with Crippen LogP contribution in [0.5, 0.6) is 0 Å². The molecule has 0 radical (unpaired) electrons. The number of aromatic nitrogens is 2. The summed E-state index contributed by atoms with van der Waals surface area (Å²) in [6, 6.07) is 6.63. The maximum Gasteiger partial charge on any atom is 0.123 e. The van der Waals surface area contributed by atoms with Crippen LogP contribution in [0.2, 0.25) is 0 Å². The normalized spacial score (nSPS) is 10.7. The molecule has 0 atom stereocenters. The molecule has 0 saturated carbocycles. The fourth-order valence-corrected chi connectivity index (χ4v) is 2.37. The van der Waals surface area contributed by atoms with E-state index in [9.17, 15) is 4.39 Å². The SMILES string of the molecule is Fc1ccc(SCCCNCc2ncc[nH]2)cc1. The Labute approximate surface area is 110 Å². The van der Waals surface area contributed by atoms with Gasteiger partial charge in [-0.05, 0) is 43.0 Å². The van der Waals surface area contributed by atoms with Crippen molar-refractivity contribution in [1.82, 2.24) is 15.3 Å². The highest BCUT2D eigenvalue weighted by Crippen LogP contribution is 2.18. The van der Waals surface area contributed by atoms with Crippen molar-refractivity contribution in [3.8, 4) is 0 Å². The first-order valence-corrected chi connectivity index (χ1v) is 6.90. The van der Waals surface area contributed by atoms with Crippen LogP contribution in [0.3, 0.4) is 0 Å². The van der Waals surface area contributed by atoms with Crippen LogP contribution >= 0.6 is 11.8 Å². The molecule has 5 heteroatoms. The lowest BCUT2D eigenvalue weighted by Crippen LogP contribution is -2.16. The van der Waals surface area contributed by atoms with Gasteiger partial charge in [0.05, 0.1) is 6.54 Å². The Hall–Kier alpha value is -1.33. The van der Waals surface area contributed by atoms with Gasteiger partial charge in [-0.3, -0.25) is 0 Å². The van der Waals surface area contributed by atoms with Gasteiger partial charge in [0.25, 0.3) is 0 Å².